The van der Waals surface area contributed by atoms with Gasteiger partial charge in [0.1, 0.15) is 0 Å². The van der Waals surface area contributed by atoms with E-state index in [9.17, 15) is 0 Å². The molecule has 10 heavy (non-hydrogen) atoms. The average Bonchev–Trinajstić information content (AvgIpc) is 2.03. The van der Waals surface area contributed by atoms with Crippen molar-refractivity contribution >= 4 is 7.05 Å². The first-order chi connectivity index (χ1) is 4.93. The zero-order valence-electron chi connectivity index (χ0n) is 5.96. The van der Waals surface area contributed by atoms with Crippen LogP contribution in [0.4, 0.5) is 0 Å². The summed E-state index contributed by atoms with van der Waals surface area (Å²) in [7, 11) is 1.78. The topological polar surface area (TPSA) is 12.9 Å². The second kappa shape index (κ2) is 3.84. The maximum absolute atomic E-state index is 4.11. The number of aromatic nitrogens is 1. The third kappa shape index (κ3) is 2.02. The van der Waals surface area contributed by atoms with Crippen molar-refractivity contribution in [3.8, 4) is 11.8 Å². The van der Waals surface area contributed by atoms with Crippen molar-refractivity contribution in [2.45, 2.75) is 13.3 Å². The molecule has 0 aliphatic heterocycles. The Hall–Kier alpha value is -1.10. The van der Waals surface area contributed by atoms with Gasteiger partial charge >= 0.3 is 60.9 Å². The zero-order valence-corrected chi connectivity index (χ0v) is 5.96. The Morgan fingerprint density at radius 2 is 2.60 bits per heavy atom. The van der Waals surface area contributed by atoms with Crippen molar-refractivity contribution in [3.05, 3.63) is 23.8 Å². The number of rotatable bonds is 1. The molecular weight excluding hydrogens is 121 g/mol. The molecule has 0 amide bonds. The molecule has 0 unspecified atom stereocenters. The van der Waals surface area contributed by atoms with Gasteiger partial charge in [-0.25, -0.2) is 0 Å². The van der Waals surface area contributed by atoms with E-state index in [1.807, 2.05) is 25.0 Å². The molecule has 0 aromatic carbocycles. The predicted molar refractivity (Wildman–Crippen MR) is 42.7 cm³/mol. The van der Waals surface area contributed by atoms with Gasteiger partial charge in [0.15, 0.2) is 0 Å². The first-order valence-corrected chi connectivity index (χ1v) is 3.23. The molecule has 0 bridgehead atoms. The Balaban J connectivity index is 2.64. The van der Waals surface area contributed by atoms with Crippen LogP contribution in [0.15, 0.2) is 18.1 Å². The molecule has 1 nitrogen and oxygen atoms in total. The fraction of sp³-hybridized carbons (Fsp3) is 0.250. The standard InChI is InChI=1S/C8H8BN/c1-2-3-5-8-6-4-7-9-10-8/h4,6-7H,5H2,1H3. The molecule has 1 rings (SSSR count). The summed E-state index contributed by atoms with van der Waals surface area (Å²) < 4.78 is 0. The van der Waals surface area contributed by atoms with E-state index in [1.165, 1.54) is 0 Å². The quantitative estimate of drug-likeness (QED) is 0.515. The molecule has 0 N–H and O–H groups in total. The molecule has 0 saturated heterocycles. The number of hydrogen-bond donors (Lipinski definition) is 0. The minimum atomic E-state index is 0.761. The fourth-order valence-corrected chi connectivity index (χ4v) is 0.682. The van der Waals surface area contributed by atoms with Crippen LogP contribution in [0.2, 0.25) is 0 Å². The zero-order chi connectivity index (χ0) is 7.23. The van der Waals surface area contributed by atoms with Crippen LogP contribution in [0.1, 0.15) is 12.6 Å². The van der Waals surface area contributed by atoms with Gasteiger partial charge in [0, 0.05) is 0 Å². The molecule has 0 aliphatic rings. The summed E-state index contributed by atoms with van der Waals surface area (Å²) in [5.74, 6) is 7.68. The van der Waals surface area contributed by atoms with Gasteiger partial charge in [-0.15, -0.1) is 0 Å². The Morgan fingerprint density at radius 1 is 1.70 bits per heavy atom. The van der Waals surface area contributed by atoms with Crippen LogP contribution in [0.25, 0.3) is 0 Å². The number of hydrogen-bond acceptors (Lipinski definition) is 1. The van der Waals surface area contributed by atoms with Gasteiger partial charge in [-0.05, 0) is 0 Å². The van der Waals surface area contributed by atoms with Gasteiger partial charge in [-0.1, -0.05) is 0 Å². The fourth-order valence-electron chi connectivity index (χ4n) is 0.682. The molecular formula is C8H8BN. The summed E-state index contributed by atoms with van der Waals surface area (Å²) in [6.07, 6.45) is 0.761. The predicted octanol–water partition coefficient (Wildman–Crippen LogP) is 0.986. The van der Waals surface area contributed by atoms with E-state index in [1.54, 1.807) is 7.05 Å². The molecule has 0 fully saturated rings. The molecule has 1 heterocycles. The number of nitrogens with zero attached hydrogens (tertiary/aromatic N) is 1. The van der Waals surface area contributed by atoms with E-state index in [2.05, 4.69) is 16.7 Å². The second-order valence-electron chi connectivity index (χ2n) is 1.92. The van der Waals surface area contributed by atoms with Crippen LogP contribution in [0.5, 0.6) is 0 Å². The monoisotopic (exact) mass is 129 g/mol. The van der Waals surface area contributed by atoms with Crippen LogP contribution in [-0.2, 0) is 6.42 Å². The second-order valence-corrected chi connectivity index (χ2v) is 1.92. The van der Waals surface area contributed by atoms with E-state index < -0.39 is 0 Å². The van der Waals surface area contributed by atoms with Crippen molar-refractivity contribution in [1.29, 1.82) is 0 Å². The molecule has 2 heteroatoms. The van der Waals surface area contributed by atoms with E-state index in [-0.39, 0.29) is 0 Å². The van der Waals surface area contributed by atoms with Crippen molar-refractivity contribution in [2.75, 3.05) is 0 Å². The van der Waals surface area contributed by atoms with Crippen LogP contribution in [0, 0.1) is 11.8 Å². The summed E-state index contributed by atoms with van der Waals surface area (Å²) in [5, 5.41) is 0. The van der Waals surface area contributed by atoms with Gasteiger partial charge in [0.05, 0.1) is 0 Å². The molecule has 0 atom stereocenters. The minimum absolute atomic E-state index is 0.761. The van der Waals surface area contributed by atoms with E-state index in [0.29, 0.717) is 0 Å². The van der Waals surface area contributed by atoms with E-state index in [4.69, 9.17) is 0 Å². The van der Waals surface area contributed by atoms with Gasteiger partial charge < -0.3 is 0 Å². The van der Waals surface area contributed by atoms with Crippen LogP contribution in [0.3, 0.4) is 0 Å². The Morgan fingerprint density at radius 3 is 3.20 bits per heavy atom. The Bertz CT molecular complexity index is 245. The summed E-state index contributed by atoms with van der Waals surface area (Å²) in [6.45, 7) is 1.84. The molecule has 1 aromatic rings. The van der Waals surface area contributed by atoms with Crippen LogP contribution in [-0.4, -0.2) is 11.9 Å². The summed E-state index contributed by atoms with van der Waals surface area (Å²) in [6, 6.07) is 3.95. The first kappa shape index (κ1) is 7.02. The SMILES string of the molecule is CC#CCc1cccbn1. The van der Waals surface area contributed by atoms with Gasteiger partial charge in [0.25, 0.3) is 0 Å². The maximum atomic E-state index is 4.11. The van der Waals surface area contributed by atoms with Crippen molar-refractivity contribution < 1.29 is 0 Å². The third-order valence-corrected chi connectivity index (χ3v) is 1.17. The van der Waals surface area contributed by atoms with Gasteiger partial charge in [-0.2, -0.15) is 0 Å². The Labute approximate surface area is 61.7 Å². The van der Waals surface area contributed by atoms with Crippen molar-refractivity contribution in [3.63, 3.8) is 0 Å². The molecule has 0 aliphatic carbocycles. The summed E-state index contributed by atoms with van der Waals surface area (Å²) >= 11 is 0. The van der Waals surface area contributed by atoms with Gasteiger partial charge in [-0.3, -0.25) is 0 Å². The molecule has 0 saturated carbocycles. The van der Waals surface area contributed by atoms with Crippen molar-refractivity contribution in [2.24, 2.45) is 0 Å². The molecule has 0 spiro atoms. The van der Waals surface area contributed by atoms with E-state index in [0.717, 1.165) is 12.1 Å². The summed E-state index contributed by atoms with van der Waals surface area (Å²) in [5.41, 5.74) is 1.04. The normalized spacial score (nSPS) is 7.70. The molecule has 0 radical (unpaired) electrons. The first-order valence-electron chi connectivity index (χ1n) is 3.23. The van der Waals surface area contributed by atoms with Crippen molar-refractivity contribution in [1.82, 2.24) is 4.89 Å². The van der Waals surface area contributed by atoms with Crippen LogP contribution < -0.4 is 0 Å². The van der Waals surface area contributed by atoms with Gasteiger partial charge in [0.2, 0.25) is 0 Å². The van der Waals surface area contributed by atoms with E-state index >= 15 is 0 Å². The third-order valence-electron chi connectivity index (χ3n) is 1.17. The molecule has 1 aromatic heterocycles. The molecule has 48 valence electrons. The Kier molecular flexibility index (Phi) is 2.70. The van der Waals surface area contributed by atoms with Crippen LogP contribution >= 0.6 is 0 Å². The average molecular weight is 129 g/mol. The summed E-state index contributed by atoms with van der Waals surface area (Å²) in [4.78, 5) is 4.11.